The van der Waals surface area contributed by atoms with Gasteiger partial charge in [-0.1, -0.05) is 13.0 Å². The Morgan fingerprint density at radius 3 is 2.37 bits per heavy atom. The highest BCUT2D eigenvalue weighted by molar-refractivity contribution is 6.62. The minimum absolute atomic E-state index is 0.260. The Labute approximate surface area is 116 Å². The maximum absolute atomic E-state index is 6.19. The van der Waals surface area contributed by atoms with Gasteiger partial charge in [-0.15, -0.1) is 0 Å². The molecule has 1 unspecified atom stereocenters. The molecule has 0 aliphatic carbocycles. The highest BCUT2D eigenvalue weighted by Crippen LogP contribution is 2.39. The van der Waals surface area contributed by atoms with Crippen LogP contribution >= 0.6 is 0 Å². The molecule has 0 bridgehead atoms. The fourth-order valence-corrected chi connectivity index (χ4v) is 2.47. The van der Waals surface area contributed by atoms with E-state index in [1.165, 1.54) is 0 Å². The molecule has 1 aliphatic rings. The number of ether oxygens (including phenoxy) is 1. The van der Waals surface area contributed by atoms with Gasteiger partial charge in [0, 0.05) is 0 Å². The maximum Gasteiger partial charge on any atom is 0.495 e. The Bertz CT molecular complexity index is 472. The normalized spacial score (nSPS) is 25.7. The molecule has 1 saturated heterocycles. The van der Waals surface area contributed by atoms with E-state index in [-0.39, 0.29) is 18.3 Å². The van der Waals surface area contributed by atoms with Crippen molar-refractivity contribution >= 4 is 12.6 Å². The molecule has 104 valence electrons. The summed E-state index contributed by atoms with van der Waals surface area (Å²) in [5, 5.41) is 0. The Balaban J connectivity index is 2.30. The third-order valence-electron chi connectivity index (χ3n) is 4.45. The molecule has 1 fully saturated rings. The van der Waals surface area contributed by atoms with Crippen LogP contribution in [0.3, 0.4) is 0 Å². The monoisotopic (exact) mass is 262 g/mol. The van der Waals surface area contributed by atoms with Gasteiger partial charge >= 0.3 is 7.12 Å². The molecule has 0 N–H and O–H groups in total. The van der Waals surface area contributed by atoms with Crippen molar-refractivity contribution in [3.8, 4) is 5.75 Å². The molecular formula is C15H23BO3. The van der Waals surface area contributed by atoms with Crippen LogP contribution in [0.2, 0.25) is 0 Å². The molecule has 1 aromatic rings. The summed E-state index contributed by atoms with van der Waals surface area (Å²) in [6.45, 7) is 10.5. The van der Waals surface area contributed by atoms with Crippen LogP contribution in [-0.4, -0.2) is 25.4 Å². The minimum atomic E-state index is -0.300. The van der Waals surface area contributed by atoms with Gasteiger partial charge < -0.3 is 14.0 Å². The van der Waals surface area contributed by atoms with Crippen molar-refractivity contribution in [2.45, 2.75) is 52.2 Å². The van der Waals surface area contributed by atoms with Crippen LogP contribution in [0, 0.1) is 6.92 Å². The van der Waals surface area contributed by atoms with E-state index < -0.39 is 0 Å². The third kappa shape index (κ3) is 2.39. The average Bonchev–Trinajstić information content (AvgIpc) is 2.60. The summed E-state index contributed by atoms with van der Waals surface area (Å²) in [4.78, 5) is 0. The lowest BCUT2D eigenvalue weighted by atomic mass is 9.76. The van der Waals surface area contributed by atoms with E-state index in [9.17, 15) is 0 Å². The number of hydrogen-bond donors (Lipinski definition) is 0. The molecular weight excluding hydrogens is 239 g/mol. The first-order chi connectivity index (χ1) is 8.83. The summed E-state index contributed by atoms with van der Waals surface area (Å²) in [6.07, 6.45) is 0.922. The molecule has 1 atom stereocenters. The van der Waals surface area contributed by atoms with E-state index in [4.69, 9.17) is 14.0 Å². The van der Waals surface area contributed by atoms with Gasteiger partial charge in [0.15, 0.2) is 0 Å². The van der Waals surface area contributed by atoms with Gasteiger partial charge in [-0.25, -0.2) is 0 Å². The number of rotatable bonds is 3. The fraction of sp³-hybridized carbons (Fsp3) is 0.600. The summed E-state index contributed by atoms with van der Waals surface area (Å²) < 4.78 is 17.6. The summed E-state index contributed by atoms with van der Waals surface area (Å²) in [5.74, 6) is 0.858. The zero-order valence-corrected chi connectivity index (χ0v) is 12.7. The van der Waals surface area contributed by atoms with Crippen molar-refractivity contribution in [1.82, 2.24) is 0 Å². The van der Waals surface area contributed by atoms with Gasteiger partial charge in [0.05, 0.1) is 18.3 Å². The molecule has 0 radical (unpaired) electrons. The lowest BCUT2D eigenvalue weighted by Crippen LogP contribution is -2.44. The molecule has 1 heterocycles. The number of methoxy groups -OCH3 is 1. The number of hydrogen-bond acceptors (Lipinski definition) is 3. The molecule has 0 saturated carbocycles. The molecule has 0 amide bonds. The van der Waals surface area contributed by atoms with Gasteiger partial charge in [0.25, 0.3) is 0 Å². The van der Waals surface area contributed by atoms with E-state index in [0.717, 1.165) is 23.2 Å². The van der Waals surface area contributed by atoms with Gasteiger partial charge in [-0.2, -0.15) is 0 Å². The van der Waals surface area contributed by atoms with Crippen molar-refractivity contribution in [2.24, 2.45) is 0 Å². The molecule has 4 heteroatoms. The van der Waals surface area contributed by atoms with Gasteiger partial charge in [0.2, 0.25) is 0 Å². The lowest BCUT2D eigenvalue weighted by Gasteiger charge is -2.35. The largest absolute Gasteiger partial charge is 0.497 e. The average molecular weight is 262 g/mol. The molecule has 3 nitrogen and oxygen atoms in total. The van der Waals surface area contributed by atoms with E-state index in [1.54, 1.807) is 7.11 Å². The molecule has 0 aromatic heterocycles. The Morgan fingerprint density at radius 1 is 1.21 bits per heavy atom. The van der Waals surface area contributed by atoms with Crippen LogP contribution in [0.25, 0.3) is 0 Å². The van der Waals surface area contributed by atoms with E-state index in [0.29, 0.717) is 0 Å². The van der Waals surface area contributed by atoms with E-state index in [2.05, 4.69) is 34.6 Å². The van der Waals surface area contributed by atoms with Crippen molar-refractivity contribution in [3.05, 3.63) is 23.8 Å². The quantitative estimate of drug-likeness (QED) is 0.784. The van der Waals surface area contributed by atoms with Crippen molar-refractivity contribution in [1.29, 1.82) is 0 Å². The topological polar surface area (TPSA) is 27.7 Å². The van der Waals surface area contributed by atoms with Gasteiger partial charge in [0.1, 0.15) is 5.75 Å². The molecule has 0 spiro atoms. The standard InChI is InChI=1S/C15H23BO3/c1-7-15(5)14(3,4)18-16(19-15)13-9-8-12(17-6)10-11(13)2/h8-10H,7H2,1-6H3. The molecule has 1 aromatic carbocycles. The van der Waals surface area contributed by atoms with Crippen LogP contribution in [0.1, 0.15) is 39.7 Å². The summed E-state index contributed by atoms with van der Waals surface area (Å²) in [6, 6.07) is 5.98. The van der Waals surface area contributed by atoms with E-state index >= 15 is 0 Å². The first-order valence-corrected chi connectivity index (χ1v) is 6.83. The zero-order valence-electron chi connectivity index (χ0n) is 12.7. The van der Waals surface area contributed by atoms with Crippen molar-refractivity contribution < 1.29 is 14.0 Å². The first kappa shape index (κ1) is 14.4. The molecule has 1 aliphatic heterocycles. The minimum Gasteiger partial charge on any atom is -0.497 e. The van der Waals surface area contributed by atoms with Crippen LogP contribution < -0.4 is 10.2 Å². The summed E-state index contributed by atoms with van der Waals surface area (Å²) in [7, 11) is 1.37. The first-order valence-electron chi connectivity index (χ1n) is 6.83. The van der Waals surface area contributed by atoms with Crippen LogP contribution in [0.5, 0.6) is 5.75 Å². The van der Waals surface area contributed by atoms with Gasteiger partial charge in [-0.05, 0) is 57.3 Å². The van der Waals surface area contributed by atoms with Crippen LogP contribution in [-0.2, 0) is 9.31 Å². The molecule has 19 heavy (non-hydrogen) atoms. The summed E-state index contributed by atoms with van der Waals surface area (Å²) in [5.41, 5.74) is 1.65. The Kier molecular flexibility index (Phi) is 3.67. The molecule has 2 rings (SSSR count). The SMILES string of the molecule is CCC1(C)OB(c2ccc(OC)cc2C)OC1(C)C. The third-order valence-corrected chi connectivity index (χ3v) is 4.45. The lowest BCUT2D eigenvalue weighted by molar-refractivity contribution is -0.0118. The highest BCUT2D eigenvalue weighted by atomic mass is 16.7. The van der Waals surface area contributed by atoms with Crippen LogP contribution in [0.15, 0.2) is 18.2 Å². The second-order valence-electron chi connectivity index (χ2n) is 5.88. The zero-order chi connectivity index (χ0) is 14.3. The summed E-state index contributed by atoms with van der Waals surface area (Å²) >= 11 is 0. The Hall–Kier alpha value is -0.995. The van der Waals surface area contributed by atoms with Gasteiger partial charge in [-0.3, -0.25) is 0 Å². The number of benzene rings is 1. The van der Waals surface area contributed by atoms with Crippen LogP contribution in [0.4, 0.5) is 0 Å². The maximum atomic E-state index is 6.19. The second-order valence-corrected chi connectivity index (χ2v) is 5.88. The smallest absolute Gasteiger partial charge is 0.495 e. The fourth-order valence-electron chi connectivity index (χ4n) is 2.47. The van der Waals surface area contributed by atoms with E-state index in [1.807, 2.05) is 18.2 Å². The van der Waals surface area contributed by atoms with Crippen molar-refractivity contribution in [3.63, 3.8) is 0 Å². The Morgan fingerprint density at radius 2 is 1.89 bits per heavy atom. The highest BCUT2D eigenvalue weighted by Gasteiger charge is 2.53. The second kappa shape index (κ2) is 4.84. The van der Waals surface area contributed by atoms with Crippen molar-refractivity contribution in [2.75, 3.05) is 7.11 Å². The predicted molar refractivity (Wildman–Crippen MR) is 78.1 cm³/mol. The number of aryl methyl sites for hydroxylation is 1. The predicted octanol–water partition coefficient (Wildman–Crippen LogP) is 2.69.